The molecule has 1 rings (SSSR count). The third kappa shape index (κ3) is 0.706. The second-order valence-corrected chi connectivity index (χ2v) is 1.68. The second-order valence-electron chi connectivity index (χ2n) is 1.28. The molecule has 0 amide bonds. The maximum atomic E-state index is 5.50. The van der Waals surface area contributed by atoms with Crippen molar-refractivity contribution in [3.8, 4) is 12.3 Å². The Morgan fingerprint density at radius 3 is 2.62 bits per heavy atom. The lowest BCUT2D eigenvalue weighted by atomic mass is 10.4. The summed E-state index contributed by atoms with van der Waals surface area (Å²) in [5.74, 6) is 2.35. The third-order valence-corrected chi connectivity index (χ3v) is 1.06. The monoisotopic (exact) mass is 126 g/mol. The van der Waals surface area contributed by atoms with E-state index in [1.54, 1.807) is 0 Å². The zero-order valence-corrected chi connectivity index (χ0v) is 4.77. The van der Waals surface area contributed by atoms with Crippen LogP contribution in [-0.4, -0.2) is 0 Å². The van der Waals surface area contributed by atoms with E-state index in [9.17, 15) is 0 Å². The first kappa shape index (κ1) is 5.27. The van der Waals surface area contributed by atoms with Crippen molar-refractivity contribution in [2.75, 3.05) is 0 Å². The van der Waals surface area contributed by atoms with Crippen molar-refractivity contribution in [2.24, 2.45) is 0 Å². The molecular weight excluding hydrogens is 124 g/mol. The average Bonchev–Trinajstić information content (AvgIpc) is 2.14. The summed E-state index contributed by atoms with van der Waals surface area (Å²) in [6.07, 6.45) is 7.83. The molecule has 0 radical (unpaired) electrons. The van der Waals surface area contributed by atoms with Crippen molar-refractivity contribution >= 4 is 11.6 Å². The second kappa shape index (κ2) is 1.94. The minimum Gasteiger partial charge on any atom is -0.470 e. The van der Waals surface area contributed by atoms with Gasteiger partial charge in [-0.05, 0) is 0 Å². The van der Waals surface area contributed by atoms with Crippen LogP contribution >= 0.6 is 11.6 Å². The molecule has 0 aliphatic heterocycles. The molecule has 0 unspecified atom stereocenters. The van der Waals surface area contributed by atoms with Gasteiger partial charge in [0.2, 0.25) is 0 Å². The first-order valence-corrected chi connectivity index (χ1v) is 2.40. The molecule has 0 bridgehead atoms. The highest BCUT2D eigenvalue weighted by atomic mass is 35.5. The molecule has 0 spiro atoms. The summed E-state index contributed by atoms with van der Waals surface area (Å²) < 4.78 is 4.66. The van der Waals surface area contributed by atoms with Gasteiger partial charge >= 0.3 is 0 Å². The molecule has 0 aliphatic rings. The molecular formula is C6H3ClO. The number of terminal acetylenes is 1. The quantitative estimate of drug-likeness (QED) is 0.484. The summed E-state index contributed by atoms with van der Waals surface area (Å²) in [4.78, 5) is 0. The topological polar surface area (TPSA) is 13.1 Å². The Hall–Kier alpha value is -0.870. The van der Waals surface area contributed by atoms with Crippen LogP contribution in [0.1, 0.15) is 5.56 Å². The van der Waals surface area contributed by atoms with E-state index in [2.05, 4.69) is 10.3 Å². The van der Waals surface area contributed by atoms with E-state index in [4.69, 9.17) is 18.0 Å². The van der Waals surface area contributed by atoms with E-state index in [0.29, 0.717) is 10.6 Å². The first-order chi connectivity index (χ1) is 3.84. The van der Waals surface area contributed by atoms with Gasteiger partial charge in [-0.15, -0.1) is 6.42 Å². The third-order valence-electron chi connectivity index (χ3n) is 0.770. The Labute approximate surface area is 52.3 Å². The summed E-state index contributed by atoms with van der Waals surface area (Å²) in [5, 5.41) is 0.493. The molecule has 40 valence electrons. The Bertz CT molecular complexity index is 219. The van der Waals surface area contributed by atoms with Crippen molar-refractivity contribution in [1.82, 2.24) is 0 Å². The van der Waals surface area contributed by atoms with Gasteiger partial charge in [0.25, 0.3) is 0 Å². The fourth-order valence-electron chi connectivity index (χ4n) is 0.385. The highest BCUT2D eigenvalue weighted by Crippen LogP contribution is 2.14. The van der Waals surface area contributed by atoms with Gasteiger partial charge in [0, 0.05) is 0 Å². The van der Waals surface area contributed by atoms with Crippen LogP contribution in [-0.2, 0) is 0 Å². The molecule has 1 aromatic heterocycles. The zero-order chi connectivity index (χ0) is 5.98. The fraction of sp³-hybridized carbons (Fsp3) is 0. The van der Waals surface area contributed by atoms with Gasteiger partial charge in [-0.2, -0.15) is 0 Å². The zero-order valence-electron chi connectivity index (χ0n) is 4.02. The molecule has 8 heavy (non-hydrogen) atoms. The Balaban J connectivity index is 3.15. The molecule has 0 N–H and O–H groups in total. The molecule has 1 aromatic rings. The minimum atomic E-state index is 0.493. The smallest absolute Gasteiger partial charge is 0.110 e. The van der Waals surface area contributed by atoms with Crippen molar-refractivity contribution in [3.05, 3.63) is 23.1 Å². The SMILES string of the molecule is C#Cc1cocc1Cl. The van der Waals surface area contributed by atoms with Gasteiger partial charge < -0.3 is 4.42 Å². The molecule has 0 aromatic carbocycles. The van der Waals surface area contributed by atoms with Gasteiger partial charge in [-0.1, -0.05) is 17.5 Å². The predicted octanol–water partition coefficient (Wildman–Crippen LogP) is 1.91. The minimum absolute atomic E-state index is 0.493. The van der Waals surface area contributed by atoms with Crippen molar-refractivity contribution < 1.29 is 4.42 Å². The summed E-state index contributed by atoms with van der Waals surface area (Å²) in [5.41, 5.74) is 0.603. The molecule has 0 saturated heterocycles. The number of hydrogen-bond donors (Lipinski definition) is 0. The lowest BCUT2D eigenvalue weighted by Crippen LogP contribution is -1.60. The number of halogens is 1. The molecule has 0 saturated carbocycles. The highest BCUT2D eigenvalue weighted by molar-refractivity contribution is 6.31. The summed E-state index contributed by atoms with van der Waals surface area (Å²) in [7, 11) is 0. The van der Waals surface area contributed by atoms with Gasteiger partial charge in [0.1, 0.15) is 12.5 Å². The fourth-order valence-corrected chi connectivity index (χ4v) is 0.535. The van der Waals surface area contributed by atoms with Crippen molar-refractivity contribution in [2.45, 2.75) is 0 Å². The van der Waals surface area contributed by atoms with E-state index >= 15 is 0 Å². The number of furan rings is 1. The standard InChI is InChI=1S/C6H3ClO/c1-2-5-3-8-4-6(5)7/h1,3-4H. The predicted molar refractivity (Wildman–Crippen MR) is 31.7 cm³/mol. The lowest BCUT2D eigenvalue weighted by molar-refractivity contribution is 0.567. The Morgan fingerprint density at radius 1 is 1.62 bits per heavy atom. The summed E-state index contributed by atoms with van der Waals surface area (Å²) in [6, 6.07) is 0. The van der Waals surface area contributed by atoms with E-state index in [1.807, 2.05) is 0 Å². The lowest BCUT2D eigenvalue weighted by Gasteiger charge is -1.73. The van der Waals surface area contributed by atoms with Crippen LogP contribution in [0.2, 0.25) is 5.02 Å². The summed E-state index contributed by atoms with van der Waals surface area (Å²) >= 11 is 5.50. The van der Waals surface area contributed by atoms with Gasteiger partial charge in [-0.3, -0.25) is 0 Å². The first-order valence-electron chi connectivity index (χ1n) is 2.03. The van der Waals surface area contributed by atoms with E-state index in [1.165, 1.54) is 12.5 Å². The van der Waals surface area contributed by atoms with E-state index in [-0.39, 0.29) is 0 Å². The number of hydrogen-bond acceptors (Lipinski definition) is 1. The van der Waals surface area contributed by atoms with Crippen LogP contribution in [0, 0.1) is 12.3 Å². The molecule has 0 atom stereocenters. The van der Waals surface area contributed by atoms with Crippen LogP contribution in [0.15, 0.2) is 16.9 Å². The van der Waals surface area contributed by atoms with Crippen LogP contribution < -0.4 is 0 Å². The van der Waals surface area contributed by atoms with Crippen molar-refractivity contribution in [3.63, 3.8) is 0 Å². The maximum absolute atomic E-state index is 5.50. The maximum Gasteiger partial charge on any atom is 0.110 e. The molecule has 1 heterocycles. The van der Waals surface area contributed by atoms with Gasteiger partial charge in [0.05, 0.1) is 10.6 Å². The highest BCUT2D eigenvalue weighted by Gasteiger charge is 1.95. The van der Waals surface area contributed by atoms with Crippen LogP contribution in [0.5, 0.6) is 0 Å². The molecule has 0 fully saturated rings. The Kier molecular flexibility index (Phi) is 1.27. The number of rotatable bonds is 0. The summed E-state index contributed by atoms with van der Waals surface area (Å²) in [6.45, 7) is 0. The molecule has 2 heteroatoms. The molecule has 1 nitrogen and oxygen atoms in total. The largest absolute Gasteiger partial charge is 0.470 e. The van der Waals surface area contributed by atoms with Gasteiger partial charge in [-0.25, -0.2) is 0 Å². The van der Waals surface area contributed by atoms with E-state index in [0.717, 1.165) is 0 Å². The normalized spacial score (nSPS) is 8.50. The van der Waals surface area contributed by atoms with E-state index < -0.39 is 0 Å². The van der Waals surface area contributed by atoms with Crippen LogP contribution in [0.3, 0.4) is 0 Å². The van der Waals surface area contributed by atoms with Gasteiger partial charge in [0.15, 0.2) is 0 Å². The van der Waals surface area contributed by atoms with Crippen LogP contribution in [0.25, 0.3) is 0 Å². The van der Waals surface area contributed by atoms with Crippen molar-refractivity contribution in [1.29, 1.82) is 0 Å². The average molecular weight is 127 g/mol. The molecule has 0 aliphatic carbocycles. The Morgan fingerprint density at radius 2 is 2.38 bits per heavy atom. The van der Waals surface area contributed by atoms with Crippen LogP contribution in [0.4, 0.5) is 0 Å².